The zero-order valence-electron chi connectivity index (χ0n) is 11.5. The van der Waals surface area contributed by atoms with Crippen LogP contribution in [-0.2, 0) is 10.0 Å². The fourth-order valence-corrected chi connectivity index (χ4v) is 5.03. The lowest BCUT2D eigenvalue weighted by Gasteiger charge is -2.57. The molecule has 0 bridgehead atoms. The lowest BCUT2D eigenvalue weighted by molar-refractivity contribution is -0.0827. The molecule has 1 aliphatic carbocycles. The minimum atomic E-state index is -3.25. The number of rotatable bonds is 3. The summed E-state index contributed by atoms with van der Waals surface area (Å²) in [4.78, 5) is 2.31. The van der Waals surface area contributed by atoms with Crippen LogP contribution in [0.25, 0.3) is 0 Å². The van der Waals surface area contributed by atoms with Gasteiger partial charge in [0.05, 0.1) is 12.4 Å². The molecule has 18 heavy (non-hydrogen) atoms. The largest absolute Gasteiger partial charge is 0.391 e. The summed E-state index contributed by atoms with van der Waals surface area (Å²) in [5.74, 6) is 0.521. The third-order valence-corrected chi connectivity index (χ3v) is 5.10. The molecule has 1 aliphatic heterocycles. The highest BCUT2D eigenvalue weighted by atomic mass is 32.2. The monoisotopic (exact) mass is 276 g/mol. The Morgan fingerprint density at radius 3 is 2.44 bits per heavy atom. The van der Waals surface area contributed by atoms with Crippen LogP contribution in [0.4, 0.5) is 0 Å². The Morgan fingerprint density at radius 2 is 2.00 bits per heavy atom. The first-order valence-corrected chi connectivity index (χ1v) is 8.39. The van der Waals surface area contributed by atoms with Gasteiger partial charge in [0.1, 0.15) is 0 Å². The van der Waals surface area contributed by atoms with Crippen LogP contribution in [-0.4, -0.2) is 56.5 Å². The van der Waals surface area contributed by atoms with Crippen molar-refractivity contribution in [3.05, 3.63) is 0 Å². The standard InChI is InChI=1S/C12H24N2O3S/c1-8(2)11-12(7-14(11)3)5-9(10(15)6-12)13-18(4,16)17/h8-11,13,15H,5-7H2,1-4H3/t9-,10-,11?,12?/m1/s1. The van der Waals surface area contributed by atoms with Crippen molar-refractivity contribution in [3.63, 3.8) is 0 Å². The van der Waals surface area contributed by atoms with E-state index in [1.54, 1.807) is 0 Å². The molecule has 1 saturated heterocycles. The molecule has 0 aromatic heterocycles. The van der Waals surface area contributed by atoms with Gasteiger partial charge in [-0.15, -0.1) is 0 Å². The number of hydrogen-bond donors (Lipinski definition) is 2. The van der Waals surface area contributed by atoms with Crippen molar-refractivity contribution in [2.75, 3.05) is 19.8 Å². The summed E-state index contributed by atoms with van der Waals surface area (Å²) in [5, 5.41) is 10.1. The van der Waals surface area contributed by atoms with Crippen LogP contribution in [0.3, 0.4) is 0 Å². The normalized spacial score (nSPS) is 41.6. The number of aliphatic hydroxyl groups is 1. The number of nitrogens with zero attached hydrogens (tertiary/aromatic N) is 1. The molecule has 1 saturated carbocycles. The van der Waals surface area contributed by atoms with E-state index in [9.17, 15) is 13.5 Å². The van der Waals surface area contributed by atoms with E-state index in [1.807, 2.05) is 0 Å². The van der Waals surface area contributed by atoms with Crippen molar-refractivity contribution in [1.82, 2.24) is 9.62 Å². The van der Waals surface area contributed by atoms with Gasteiger partial charge >= 0.3 is 0 Å². The summed E-state index contributed by atoms with van der Waals surface area (Å²) < 4.78 is 25.2. The summed E-state index contributed by atoms with van der Waals surface area (Å²) in [6.07, 6.45) is 2.04. The van der Waals surface area contributed by atoms with Gasteiger partial charge in [0, 0.05) is 24.0 Å². The molecule has 2 fully saturated rings. The Bertz CT molecular complexity index is 418. The van der Waals surface area contributed by atoms with Gasteiger partial charge in [-0.2, -0.15) is 0 Å². The first-order chi connectivity index (χ1) is 8.15. The van der Waals surface area contributed by atoms with Crippen molar-refractivity contribution in [2.24, 2.45) is 11.3 Å². The summed E-state index contributed by atoms with van der Waals surface area (Å²) in [7, 11) is -1.15. The second-order valence-electron chi connectivity index (χ2n) is 6.44. The maximum Gasteiger partial charge on any atom is 0.209 e. The maximum absolute atomic E-state index is 11.3. The summed E-state index contributed by atoms with van der Waals surface area (Å²) in [5.41, 5.74) is 0.0880. The van der Waals surface area contributed by atoms with Crippen LogP contribution in [0, 0.1) is 11.3 Å². The van der Waals surface area contributed by atoms with Gasteiger partial charge in [-0.3, -0.25) is 0 Å². The number of hydrogen-bond acceptors (Lipinski definition) is 4. The van der Waals surface area contributed by atoms with E-state index in [-0.39, 0.29) is 11.5 Å². The van der Waals surface area contributed by atoms with Gasteiger partial charge in [-0.1, -0.05) is 13.8 Å². The minimum Gasteiger partial charge on any atom is -0.391 e. The van der Waals surface area contributed by atoms with Gasteiger partial charge in [-0.25, -0.2) is 13.1 Å². The van der Waals surface area contributed by atoms with E-state index in [0.29, 0.717) is 18.4 Å². The van der Waals surface area contributed by atoms with Crippen molar-refractivity contribution < 1.29 is 13.5 Å². The van der Waals surface area contributed by atoms with E-state index < -0.39 is 16.1 Å². The van der Waals surface area contributed by atoms with Crippen LogP contribution in [0.2, 0.25) is 0 Å². The maximum atomic E-state index is 11.3. The van der Waals surface area contributed by atoms with E-state index in [0.717, 1.165) is 19.2 Å². The predicted octanol–water partition coefficient (Wildman–Crippen LogP) is 0.0153. The van der Waals surface area contributed by atoms with Crippen LogP contribution in [0.1, 0.15) is 26.7 Å². The molecule has 6 heteroatoms. The van der Waals surface area contributed by atoms with Crippen LogP contribution < -0.4 is 4.72 Å². The second-order valence-corrected chi connectivity index (χ2v) is 8.22. The van der Waals surface area contributed by atoms with Crippen LogP contribution >= 0.6 is 0 Å². The van der Waals surface area contributed by atoms with Gasteiger partial charge < -0.3 is 10.0 Å². The Kier molecular flexibility index (Phi) is 3.51. The lowest BCUT2D eigenvalue weighted by Crippen LogP contribution is -2.64. The fraction of sp³-hybridized carbons (Fsp3) is 1.00. The molecule has 106 valence electrons. The first-order valence-electron chi connectivity index (χ1n) is 6.50. The molecule has 2 N–H and O–H groups in total. The van der Waals surface area contributed by atoms with Crippen LogP contribution in [0.15, 0.2) is 0 Å². The highest BCUT2D eigenvalue weighted by molar-refractivity contribution is 7.88. The number of nitrogens with one attached hydrogen (secondary N) is 1. The first kappa shape index (κ1) is 14.2. The SMILES string of the molecule is CC(C)C1N(C)CC12C[C@@H](O)[C@H](NS(C)(=O)=O)C2. The van der Waals surface area contributed by atoms with E-state index in [4.69, 9.17) is 0 Å². The summed E-state index contributed by atoms with van der Waals surface area (Å²) >= 11 is 0. The summed E-state index contributed by atoms with van der Waals surface area (Å²) in [6.45, 7) is 5.33. The topological polar surface area (TPSA) is 69.6 Å². The second kappa shape index (κ2) is 4.44. The van der Waals surface area contributed by atoms with Crippen molar-refractivity contribution in [1.29, 1.82) is 0 Å². The highest BCUT2D eigenvalue weighted by Gasteiger charge is 2.58. The third kappa shape index (κ3) is 2.43. The molecule has 0 radical (unpaired) electrons. The van der Waals surface area contributed by atoms with Gasteiger partial charge in [0.25, 0.3) is 0 Å². The van der Waals surface area contributed by atoms with E-state index in [1.165, 1.54) is 0 Å². The zero-order chi connectivity index (χ0) is 13.7. The van der Waals surface area contributed by atoms with Crippen molar-refractivity contribution in [3.8, 4) is 0 Å². The molecular weight excluding hydrogens is 252 g/mol. The fourth-order valence-electron chi connectivity index (χ4n) is 4.24. The van der Waals surface area contributed by atoms with Crippen molar-refractivity contribution >= 4 is 10.0 Å². The van der Waals surface area contributed by atoms with Crippen molar-refractivity contribution in [2.45, 2.75) is 44.9 Å². The number of aliphatic hydroxyl groups excluding tert-OH is 1. The molecule has 2 unspecified atom stereocenters. The predicted molar refractivity (Wildman–Crippen MR) is 70.7 cm³/mol. The molecule has 2 aliphatic rings. The summed E-state index contributed by atoms with van der Waals surface area (Å²) in [6, 6.07) is 0.119. The lowest BCUT2D eigenvalue weighted by atomic mass is 9.66. The molecular formula is C12H24N2O3S. The minimum absolute atomic E-state index is 0.0880. The van der Waals surface area contributed by atoms with Crippen LogP contribution in [0.5, 0.6) is 0 Å². The molecule has 4 atom stereocenters. The molecule has 2 rings (SSSR count). The molecule has 0 amide bonds. The Balaban J connectivity index is 2.11. The average Bonchev–Trinajstić information content (AvgIpc) is 2.39. The quantitative estimate of drug-likeness (QED) is 0.762. The highest BCUT2D eigenvalue weighted by Crippen LogP contribution is 2.52. The molecule has 0 aromatic carbocycles. The zero-order valence-corrected chi connectivity index (χ0v) is 12.4. The van der Waals surface area contributed by atoms with Gasteiger partial charge in [-0.05, 0) is 25.8 Å². The number of likely N-dealkylation sites (tertiary alicyclic amines) is 1. The molecule has 1 heterocycles. The Morgan fingerprint density at radius 1 is 1.39 bits per heavy atom. The number of sulfonamides is 1. The van der Waals surface area contributed by atoms with Gasteiger partial charge in [0.2, 0.25) is 10.0 Å². The smallest absolute Gasteiger partial charge is 0.209 e. The molecule has 1 spiro atoms. The average molecular weight is 276 g/mol. The Hall–Kier alpha value is -0.170. The van der Waals surface area contributed by atoms with E-state index >= 15 is 0 Å². The Labute approximate surface area is 110 Å². The third-order valence-electron chi connectivity index (χ3n) is 4.37. The van der Waals surface area contributed by atoms with E-state index in [2.05, 4.69) is 30.5 Å². The van der Waals surface area contributed by atoms with Gasteiger partial charge in [0.15, 0.2) is 0 Å². The molecule has 5 nitrogen and oxygen atoms in total. The molecule has 0 aromatic rings.